The van der Waals surface area contributed by atoms with E-state index in [2.05, 4.69) is 17.0 Å². The average Bonchev–Trinajstić information content (AvgIpc) is 2.75. The number of fused-ring (bicyclic) bond motifs is 1. The zero-order chi connectivity index (χ0) is 16.2. The van der Waals surface area contributed by atoms with Crippen LogP contribution in [-0.4, -0.2) is 33.2 Å². The van der Waals surface area contributed by atoms with Crippen molar-refractivity contribution in [1.29, 1.82) is 0 Å². The average molecular weight is 331 g/mol. The van der Waals surface area contributed by atoms with E-state index in [-0.39, 0.29) is 11.2 Å². The highest BCUT2D eigenvalue weighted by molar-refractivity contribution is 7.99. The molecule has 6 nitrogen and oxygen atoms in total. The molecule has 0 unspecified atom stereocenters. The monoisotopic (exact) mass is 331 g/mol. The molecule has 0 saturated carbocycles. The van der Waals surface area contributed by atoms with Gasteiger partial charge in [0.25, 0.3) is 11.2 Å². The molecule has 2 heterocycles. The third kappa shape index (κ3) is 3.80. The number of aromatic nitrogens is 1. The Bertz CT molecular complexity index is 775. The van der Waals surface area contributed by atoms with Crippen molar-refractivity contribution in [1.82, 2.24) is 9.47 Å². The number of benzene rings is 1. The normalized spacial score (nSPS) is 15.0. The van der Waals surface area contributed by atoms with Crippen LogP contribution in [0.1, 0.15) is 5.56 Å². The Hall–Kier alpha value is -2.12. The molecule has 1 aliphatic rings. The Morgan fingerprint density at radius 3 is 2.83 bits per heavy atom. The molecular formula is C16H17N3O3S. The maximum absolute atomic E-state index is 11.9. The van der Waals surface area contributed by atoms with E-state index in [9.17, 15) is 14.9 Å². The zero-order valence-corrected chi connectivity index (χ0v) is 13.4. The predicted octanol–water partition coefficient (Wildman–Crippen LogP) is 2.36. The van der Waals surface area contributed by atoms with Gasteiger partial charge < -0.3 is 4.57 Å². The van der Waals surface area contributed by atoms with Gasteiger partial charge in [-0.25, -0.2) is 0 Å². The molecule has 1 aromatic heterocycles. The van der Waals surface area contributed by atoms with Gasteiger partial charge in [0.15, 0.2) is 0 Å². The lowest BCUT2D eigenvalue weighted by Gasteiger charge is -2.20. The van der Waals surface area contributed by atoms with Gasteiger partial charge in [-0.05, 0) is 11.6 Å². The van der Waals surface area contributed by atoms with Gasteiger partial charge in [-0.1, -0.05) is 18.2 Å². The molecule has 23 heavy (non-hydrogen) atoms. The highest BCUT2D eigenvalue weighted by Gasteiger charge is 2.15. The Morgan fingerprint density at radius 1 is 1.17 bits per heavy atom. The van der Waals surface area contributed by atoms with Gasteiger partial charge in [-0.3, -0.25) is 19.8 Å². The zero-order valence-electron chi connectivity index (χ0n) is 12.6. The third-order valence-corrected chi connectivity index (χ3v) is 4.96. The number of rotatable bonds is 4. The number of nitrogens with zero attached hydrogens (tertiary/aromatic N) is 3. The van der Waals surface area contributed by atoms with Crippen LogP contribution in [0, 0.1) is 10.1 Å². The topological polar surface area (TPSA) is 68.4 Å². The van der Waals surface area contributed by atoms with Crippen molar-refractivity contribution >= 4 is 17.4 Å². The maximum Gasteiger partial charge on any atom is 0.285 e. The number of hydrogen-bond donors (Lipinski definition) is 0. The van der Waals surface area contributed by atoms with Crippen LogP contribution in [0.4, 0.5) is 5.69 Å². The molecule has 0 spiro atoms. The summed E-state index contributed by atoms with van der Waals surface area (Å²) in [5.41, 5.74) is 1.03. The van der Waals surface area contributed by atoms with Gasteiger partial charge in [0, 0.05) is 49.0 Å². The first-order valence-corrected chi connectivity index (χ1v) is 8.40. The van der Waals surface area contributed by atoms with E-state index in [1.54, 1.807) is 0 Å². The van der Waals surface area contributed by atoms with Gasteiger partial charge in [0.1, 0.15) is 0 Å². The highest BCUT2D eigenvalue weighted by Crippen LogP contribution is 2.26. The van der Waals surface area contributed by atoms with E-state index in [1.165, 1.54) is 33.4 Å². The third-order valence-electron chi connectivity index (χ3n) is 3.87. The fourth-order valence-corrected chi connectivity index (χ4v) is 3.68. The molecule has 0 atom stereocenters. The van der Waals surface area contributed by atoms with Crippen LogP contribution in [-0.2, 0) is 13.1 Å². The molecule has 0 radical (unpaired) electrons. The Balaban J connectivity index is 1.70. The van der Waals surface area contributed by atoms with Crippen molar-refractivity contribution in [3.05, 3.63) is 68.6 Å². The molecule has 0 fully saturated rings. The summed E-state index contributed by atoms with van der Waals surface area (Å²) in [5.74, 6) is 1.00. The summed E-state index contributed by atoms with van der Waals surface area (Å²) in [6, 6.07) is 10.8. The molecule has 120 valence electrons. The van der Waals surface area contributed by atoms with Crippen molar-refractivity contribution in [2.75, 3.05) is 18.8 Å². The second-order valence-corrected chi connectivity index (χ2v) is 6.55. The summed E-state index contributed by atoms with van der Waals surface area (Å²) in [6.45, 7) is 2.92. The summed E-state index contributed by atoms with van der Waals surface area (Å²) in [4.78, 5) is 25.8. The lowest BCUT2D eigenvalue weighted by molar-refractivity contribution is -0.385. The summed E-state index contributed by atoms with van der Waals surface area (Å²) in [7, 11) is 0. The molecule has 0 saturated heterocycles. The minimum atomic E-state index is -0.477. The van der Waals surface area contributed by atoms with Crippen LogP contribution in [0.2, 0.25) is 0 Å². The quantitative estimate of drug-likeness (QED) is 0.635. The molecular weight excluding hydrogens is 314 g/mol. The summed E-state index contributed by atoms with van der Waals surface area (Å²) >= 11 is 1.84. The summed E-state index contributed by atoms with van der Waals surface area (Å²) in [6.07, 6.45) is 1.32. The van der Waals surface area contributed by atoms with Gasteiger partial charge in [-0.2, -0.15) is 0 Å². The van der Waals surface area contributed by atoms with Crippen molar-refractivity contribution in [2.24, 2.45) is 0 Å². The van der Waals surface area contributed by atoms with E-state index in [0.717, 1.165) is 18.8 Å². The van der Waals surface area contributed by atoms with Crippen LogP contribution < -0.4 is 5.56 Å². The molecule has 0 aliphatic carbocycles. The van der Waals surface area contributed by atoms with E-state index in [0.29, 0.717) is 13.1 Å². The number of thioether (sulfide) groups is 1. The fourth-order valence-electron chi connectivity index (χ4n) is 2.62. The SMILES string of the molecule is O=c1ccc([N+](=O)[O-])cn1CCN1CCSc2ccccc2C1. The smallest absolute Gasteiger partial charge is 0.285 e. The van der Waals surface area contributed by atoms with Crippen molar-refractivity contribution in [3.8, 4) is 0 Å². The molecule has 7 heteroatoms. The van der Waals surface area contributed by atoms with Crippen LogP contribution in [0.3, 0.4) is 0 Å². The lowest BCUT2D eigenvalue weighted by atomic mass is 10.2. The van der Waals surface area contributed by atoms with Crippen LogP contribution in [0.15, 0.2) is 52.3 Å². The first kappa shape index (κ1) is 15.8. The Kier molecular flexibility index (Phi) is 4.78. The Morgan fingerprint density at radius 2 is 2.00 bits per heavy atom. The van der Waals surface area contributed by atoms with Crippen LogP contribution >= 0.6 is 11.8 Å². The molecule has 0 bridgehead atoms. The second kappa shape index (κ2) is 6.97. The lowest BCUT2D eigenvalue weighted by Crippen LogP contribution is -2.31. The van der Waals surface area contributed by atoms with Gasteiger partial charge in [0.2, 0.25) is 0 Å². The van der Waals surface area contributed by atoms with Gasteiger partial charge in [-0.15, -0.1) is 11.8 Å². The first-order valence-electron chi connectivity index (χ1n) is 7.41. The second-order valence-electron chi connectivity index (χ2n) is 5.41. The molecule has 2 aromatic rings. The predicted molar refractivity (Wildman–Crippen MR) is 89.8 cm³/mol. The standard InChI is InChI=1S/C16H17N3O3S/c20-16-6-5-14(19(21)22)12-18(16)8-7-17-9-10-23-15-4-2-1-3-13(15)11-17/h1-6,12H,7-11H2. The van der Waals surface area contributed by atoms with Crippen molar-refractivity contribution < 1.29 is 4.92 Å². The number of nitro groups is 1. The van der Waals surface area contributed by atoms with Crippen LogP contribution in [0.5, 0.6) is 0 Å². The van der Waals surface area contributed by atoms with Crippen molar-refractivity contribution in [3.63, 3.8) is 0 Å². The molecule has 1 aromatic carbocycles. The van der Waals surface area contributed by atoms with Gasteiger partial charge >= 0.3 is 0 Å². The fraction of sp³-hybridized carbons (Fsp3) is 0.312. The van der Waals surface area contributed by atoms with Crippen molar-refractivity contribution in [2.45, 2.75) is 18.0 Å². The largest absolute Gasteiger partial charge is 0.308 e. The molecule has 0 N–H and O–H groups in total. The van der Waals surface area contributed by atoms with E-state index in [4.69, 9.17) is 0 Å². The number of pyridine rings is 1. The minimum absolute atomic E-state index is 0.0543. The molecule has 3 rings (SSSR count). The highest BCUT2D eigenvalue weighted by atomic mass is 32.2. The van der Waals surface area contributed by atoms with E-state index < -0.39 is 4.92 Å². The Labute approximate surface area is 137 Å². The van der Waals surface area contributed by atoms with E-state index in [1.807, 2.05) is 23.9 Å². The minimum Gasteiger partial charge on any atom is -0.308 e. The first-order chi connectivity index (χ1) is 11.1. The number of hydrogen-bond acceptors (Lipinski definition) is 5. The summed E-state index contributed by atoms with van der Waals surface area (Å²) in [5, 5.41) is 10.8. The summed E-state index contributed by atoms with van der Waals surface area (Å²) < 4.78 is 1.42. The van der Waals surface area contributed by atoms with Crippen LogP contribution in [0.25, 0.3) is 0 Å². The molecule has 0 amide bonds. The maximum atomic E-state index is 11.9. The van der Waals surface area contributed by atoms with E-state index >= 15 is 0 Å². The molecule has 1 aliphatic heterocycles. The van der Waals surface area contributed by atoms with Gasteiger partial charge in [0.05, 0.1) is 11.1 Å².